The highest BCUT2D eigenvalue weighted by molar-refractivity contribution is 5.70. The van der Waals surface area contributed by atoms with E-state index in [0.717, 1.165) is 51.4 Å². The van der Waals surface area contributed by atoms with Crippen LogP contribution in [0.15, 0.2) is 12.2 Å². The Hall–Kier alpha value is -1.93. The van der Waals surface area contributed by atoms with E-state index >= 15 is 0 Å². The normalized spacial score (nSPS) is 12.9. The summed E-state index contributed by atoms with van der Waals surface area (Å²) in [6.45, 7) is 4.67. The predicted molar refractivity (Wildman–Crippen MR) is 250 cm³/mol. The third-order valence-electron chi connectivity index (χ3n) is 11.9. The Kier molecular flexibility index (Phi) is 42.3. The number of rotatable bonds is 47. The SMILES string of the molecule is CCCCC/C=C\CCCCCCCC(=O)OC(COCCC(C(=O)[O-])[N+](C)(C)C)COC(=O)CCCCCCCCCCCCCCCCCCCCCCCCCC. The van der Waals surface area contributed by atoms with Crippen LogP contribution in [-0.2, 0) is 28.6 Å². The number of esters is 2. The molecule has 0 aromatic rings. The second-order valence-electron chi connectivity index (χ2n) is 18.8. The first kappa shape index (κ1) is 58.1. The van der Waals surface area contributed by atoms with Gasteiger partial charge in [-0.15, -0.1) is 0 Å². The van der Waals surface area contributed by atoms with E-state index in [1.165, 1.54) is 167 Å². The lowest BCUT2D eigenvalue weighted by molar-refractivity contribution is -0.889. The van der Waals surface area contributed by atoms with Crippen molar-refractivity contribution in [3.63, 3.8) is 0 Å². The molecule has 0 saturated heterocycles. The molecule has 354 valence electrons. The molecule has 0 saturated carbocycles. The van der Waals surface area contributed by atoms with E-state index in [1.54, 1.807) is 21.1 Å². The van der Waals surface area contributed by atoms with Crippen molar-refractivity contribution in [3.05, 3.63) is 12.2 Å². The molecule has 8 heteroatoms. The largest absolute Gasteiger partial charge is 0.544 e. The van der Waals surface area contributed by atoms with E-state index in [-0.39, 0.29) is 42.7 Å². The van der Waals surface area contributed by atoms with Gasteiger partial charge in [0.15, 0.2) is 6.10 Å². The fourth-order valence-electron chi connectivity index (χ4n) is 7.89. The van der Waals surface area contributed by atoms with Gasteiger partial charge in [0.25, 0.3) is 0 Å². The van der Waals surface area contributed by atoms with Gasteiger partial charge in [0.05, 0.1) is 40.3 Å². The van der Waals surface area contributed by atoms with Crippen molar-refractivity contribution in [2.24, 2.45) is 0 Å². The first-order chi connectivity index (χ1) is 29.1. The first-order valence-corrected chi connectivity index (χ1v) is 25.7. The Bertz CT molecular complexity index is 993. The number of carboxylic acids is 1. The topological polar surface area (TPSA) is 102 Å². The third kappa shape index (κ3) is 41.4. The fraction of sp³-hybridized carbons (Fsp3) is 0.904. The van der Waals surface area contributed by atoms with Gasteiger partial charge in [-0.1, -0.05) is 206 Å². The van der Waals surface area contributed by atoms with E-state index in [9.17, 15) is 19.5 Å². The summed E-state index contributed by atoms with van der Waals surface area (Å²) in [6, 6.07) is -0.723. The molecule has 0 radical (unpaired) electrons. The van der Waals surface area contributed by atoms with Gasteiger partial charge >= 0.3 is 11.9 Å². The van der Waals surface area contributed by atoms with Gasteiger partial charge in [-0.3, -0.25) is 9.59 Å². The van der Waals surface area contributed by atoms with Crippen molar-refractivity contribution in [2.75, 3.05) is 41.0 Å². The summed E-state index contributed by atoms with van der Waals surface area (Å²) in [5.74, 6) is -1.73. The molecule has 0 aromatic carbocycles. The van der Waals surface area contributed by atoms with Crippen LogP contribution < -0.4 is 5.11 Å². The molecular weight excluding hydrogens is 751 g/mol. The van der Waals surface area contributed by atoms with Crippen molar-refractivity contribution in [3.8, 4) is 0 Å². The Morgan fingerprint density at radius 1 is 0.483 bits per heavy atom. The number of quaternary nitrogens is 1. The lowest BCUT2D eigenvalue weighted by Crippen LogP contribution is -2.55. The second-order valence-corrected chi connectivity index (χ2v) is 18.8. The van der Waals surface area contributed by atoms with Crippen molar-refractivity contribution in [1.82, 2.24) is 0 Å². The smallest absolute Gasteiger partial charge is 0.306 e. The second kappa shape index (κ2) is 43.7. The number of ether oxygens (including phenoxy) is 3. The molecule has 0 amide bonds. The van der Waals surface area contributed by atoms with Crippen molar-refractivity contribution < 1.29 is 38.2 Å². The van der Waals surface area contributed by atoms with Crippen molar-refractivity contribution in [2.45, 2.75) is 264 Å². The Balaban J connectivity index is 4.09. The minimum absolute atomic E-state index is 0.0430. The summed E-state index contributed by atoms with van der Waals surface area (Å²) in [7, 11) is 5.42. The summed E-state index contributed by atoms with van der Waals surface area (Å²) in [5, 5.41) is 11.6. The summed E-state index contributed by atoms with van der Waals surface area (Å²) in [5.41, 5.74) is 0. The zero-order valence-electron chi connectivity index (χ0n) is 40.4. The van der Waals surface area contributed by atoms with E-state index in [4.69, 9.17) is 14.2 Å². The molecule has 8 nitrogen and oxygen atoms in total. The van der Waals surface area contributed by atoms with E-state index in [2.05, 4.69) is 26.0 Å². The van der Waals surface area contributed by atoms with Crippen LogP contribution in [0.5, 0.6) is 0 Å². The summed E-state index contributed by atoms with van der Waals surface area (Å²) < 4.78 is 17.2. The van der Waals surface area contributed by atoms with E-state index in [1.807, 2.05) is 0 Å². The quantitative estimate of drug-likeness (QED) is 0.0260. The molecule has 0 bridgehead atoms. The van der Waals surface area contributed by atoms with E-state index < -0.39 is 18.1 Å². The maximum atomic E-state index is 12.7. The van der Waals surface area contributed by atoms with Crippen LogP contribution in [0.2, 0.25) is 0 Å². The van der Waals surface area contributed by atoms with Gasteiger partial charge in [0.1, 0.15) is 12.6 Å². The van der Waals surface area contributed by atoms with Gasteiger partial charge in [-0.2, -0.15) is 0 Å². The highest BCUT2D eigenvalue weighted by atomic mass is 16.6. The number of hydrogen-bond acceptors (Lipinski definition) is 7. The maximum absolute atomic E-state index is 12.7. The van der Waals surface area contributed by atoms with Crippen LogP contribution in [0.3, 0.4) is 0 Å². The van der Waals surface area contributed by atoms with Crippen LogP contribution in [0.25, 0.3) is 0 Å². The van der Waals surface area contributed by atoms with Gasteiger partial charge in [-0.25, -0.2) is 0 Å². The molecule has 0 spiro atoms. The number of carboxylic acid groups (broad SMARTS) is 1. The molecular formula is C52H99NO7. The molecule has 2 atom stereocenters. The molecule has 60 heavy (non-hydrogen) atoms. The molecule has 0 aliphatic rings. The number of nitrogens with zero attached hydrogens (tertiary/aromatic N) is 1. The van der Waals surface area contributed by atoms with Crippen LogP contribution in [-0.4, -0.2) is 75.5 Å². The van der Waals surface area contributed by atoms with Crippen LogP contribution in [0.4, 0.5) is 0 Å². The standard InChI is InChI=1S/C52H99NO7/c1-6-8-10-12-14-16-18-20-21-22-23-24-25-26-27-28-29-30-31-33-34-36-38-40-42-50(54)59-47-48(46-58-45-44-49(52(56)57)53(3,4)5)60-51(55)43-41-39-37-35-32-19-17-15-13-11-9-7-2/h15,17,48-49H,6-14,16,18-47H2,1-5H3/b17-15-. The first-order valence-electron chi connectivity index (χ1n) is 25.7. The average molecular weight is 850 g/mol. The Morgan fingerprint density at radius 3 is 1.23 bits per heavy atom. The lowest BCUT2D eigenvalue weighted by Gasteiger charge is -2.34. The minimum Gasteiger partial charge on any atom is -0.544 e. The number of likely N-dealkylation sites (N-methyl/N-ethyl adjacent to an activating group) is 1. The molecule has 0 rings (SSSR count). The average Bonchev–Trinajstić information content (AvgIpc) is 3.21. The predicted octanol–water partition coefficient (Wildman–Crippen LogP) is 13.3. The summed E-state index contributed by atoms with van der Waals surface area (Å²) in [4.78, 5) is 36.9. The fourth-order valence-corrected chi connectivity index (χ4v) is 7.89. The van der Waals surface area contributed by atoms with Crippen LogP contribution in [0, 0.1) is 0 Å². The zero-order chi connectivity index (χ0) is 44.2. The molecule has 0 heterocycles. The highest BCUT2D eigenvalue weighted by Crippen LogP contribution is 2.17. The highest BCUT2D eigenvalue weighted by Gasteiger charge is 2.25. The van der Waals surface area contributed by atoms with Crippen molar-refractivity contribution in [1.29, 1.82) is 0 Å². The van der Waals surface area contributed by atoms with Gasteiger partial charge in [0, 0.05) is 19.3 Å². The molecule has 2 unspecified atom stereocenters. The van der Waals surface area contributed by atoms with Gasteiger partial charge in [0.2, 0.25) is 0 Å². The summed E-state index contributed by atoms with van der Waals surface area (Å²) >= 11 is 0. The number of carbonyl (C=O) groups excluding carboxylic acids is 3. The number of hydrogen-bond donors (Lipinski definition) is 0. The Labute approximate surface area is 371 Å². The number of aliphatic carboxylic acids is 1. The molecule has 0 fully saturated rings. The van der Waals surface area contributed by atoms with Crippen LogP contribution >= 0.6 is 0 Å². The molecule has 0 aromatic heterocycles. The number of unbranched alkanes of at least 4 members (excludes halogenated alkanes) is 31. The van der Waals surface area contributed by atoms with Crippen molar-refractivity contribution >= 4 is 17.9 Å². The third-order valence-corrected chi connectivity index (χ3v) is 11.9. The minimum atomic E-state index is -1.12. The van der Waals surface area contributed by atoms with Gasteiger partial charge < -0.3 is 28.6 Å². The molecule has 0 N–H and O–H groups in total. The summed E-state index contributed by atoms with van der Waals surface area (Å²) in [6.07, 6.45) is 48.2. The number of allylic oxidation sites excluding steroid dienone is 2. The maximum Gasteiger partial charge on any atom is 0.306 e. The Morgan fingerprint density at radius 2 is 0.833 bits per heavy atom. The van der Waals surface area contributed by atoms with E-state index in [0.29, 0.717) is 12.8 Å². The zero-order valence-corrected chi connectivity index (χ0v) is 40.4. The monoisotopic (exact) mass is 850 g/mol. The number of carbonyl (C=O) groups is 3. The van der Waals surface area contributed by atoms with Crippen LogP contribution in [0.1, 0.15) is 251 Å². The molecule has 0 aliphatic heterocycles. The van der Waals surface area contributed by atoms with Gasteiger partial charge in [-0.05, 0) is 38.5 Å². The lowest BCUT2D eigenvalue weighted by atomic mass is 10.0. The molecule has 0 aliphatic carbocycles.